The topological polar surface area (TPSA) is 0 Å². The average Bonchev–Trinajstić information content (AvgIpc) is 3.08. The van der Waals surface area contributed by atoms with E-state index in [1.807, 2.05) is 0 Å². The molecule has 127 valence electrons. The zero-order chi connectivity index (χ0) is 17.7. The van der Waals surface area contributed by atoms with Crippen molar-refractivity contribution in [3.63, 3.8) is 0 Å². The average molecular weight is 344 g/mol. The normalized spacial score (nSPS) is 16.1. The van der Waals surface area contributed by atoms with Gasteiger partial charge in [-0.25, -0.2) is 0 Å². The van der Waals surface area contributed by atoms with Gasteiger partial charge < -0.3 is 0 Å². The summed E-state index contributed by atoms with van der Waals surface area (Å²) in [6, 6.07) is 15.0. The van der Waals surface area contributed by atoms with Gasteiger partial charge in [-0.1, -0.05) is 60.5 Å². The molecule has 0 saturated heterocycles. The molecule has 0 aromatic heterocycles. The molecule has 0 unspecified atom stereocenters. The summed E-state index contributed by atoms with van der Waals surface area (Å²) in [5.74, 6) is 0. The third-order valence-electron chi connectivity index (χ3n) is 5.94. The predicted octanol–water partition coefficient (Wildman–Crippen LogP) is 6.26. The van der Waals surface area contributed by atoms with Crippen LogP contribution in [0.3, 0.4) is 0 Å². The fourth-order valence-corrected chi connectivity index (χ4v) is 8.42. The predicted molar refractivity (Wildman–Crippen MR) is 111 cm³/mol. The maximum absolute atomic E-state index is 2.40. The van der Waals surface area contributed by atoms with Crippen LogP contribution in [0.25, 0.3) is 10.4 Å². The lowest BCUT2D eigenvalue weighted by atomic mass is 10.0. The summed E-state index contributed by atoms with van der Waals surface area (Å²) < 4.78 is 0. The van der Waals surface area contributed by atoms with Crippen molar-refractivity contribution in [1.29, 1.82) is 0 Å². The fraction of sp³-hybridized carbons (Fsp3) is 0.333. The zero-order valence-corrected chi connectivity index (χ0v) is 17.1. The van der Waals surface area contributed by atoms with Gasteiger partial charge in [0.25, 0.3) is 0 Å². The van der Waals surface area contributed by atoms with E-state index in [0.717, 1.165) is 12.8 Å². The number of hydrogen-bond donors (Lipinski definition) is 0. The molecule has 25 heavy (non-hydrogen) atoms. The van der Waals surface area contributed by atoms with E-state index in [4.69, 9.17) is 0 Å². The summed E-state index contributed by atoms with van der Waals surface area (Å²) in [6.07, 6.45) is 2.29. The Kier molecular flexibility index (Phi) is 4.08. The van der Waals surface area contributed by atoms with Gasteiger partial charge in [-0.3, -0.25) is 0 Å². The Hall–Kier alpha value is -1.86. The lowest BCUT2D eigenvalue weighted by Crippen LogP contribution is -2.19. The Bertz CT molecular complexity index is 852. The van der Waals surface area contributed by atoms with Crippen LogP contribution in [0.1, 0.15) is 54.2 Å². The van der Waals surface area contributed by atoms with Crippen molar-refractivity contribution in [3.05, 3.63) is 80.9 Å². The summed E-state index contributed by atoms with van der Waals surface area (Å²) in [5.41, 5.74) is 12.4. The molecule has 4 rings (SSSR count). The number of aryl methyl sites for hydroxylation is 2. The highest BCUT2D eigenvalue weighted by molar-refractivity contribution is 6.95. The summed E-state index contributed by atoms with van der Waals surface area (Å²) in [7, 11) is -0.745. The number of hydrogen-bond acceptors (Lipinski definition) is 0. The van der Waals surface area contributed by atoms with Crippen LogP contribution in [0, 0.1) is 13.8 Å². The molecule has 2 aromatic carbocycles. The monoisotopic (exact) mass is 343 g/mol. The zero-order valence-electron chi connectivity index (χ0n) is 16.1. The molecule has 2 aromatic rings. The first-order chi connectivity index (χ1) is 12.0. The number of rotatable bonds is 3. The summed E-state index contributed by atoms with van der Waals surface area (Å²) >= 11 is 0. The van der Waals surface area contributed by atoms with Gasteiger partial charge in [-0.2, -0.15) is 0 Å². The van der Waals surface area contributed by atoms with Gasteiger partial charge in [-0.15, -0.1) is 0 Å². The number of benzene rings is 2. The summed E-state index contributed by atoms with van der Waals surface area (Å²) in [4.78, 5) is 0. The van der Waals surface area contributed by atoms with Gasteiger partial charge in [0.05, 0.1) is 0 Å². The van der Waals surface area contributed by atoms with Crippen molar-refractivity contribution in [1.82, 2.24) is 0 Å². The smallest absolute Gasteiger partial charge is 0.0689 e. The highest BCUT2D eigenvalue weighted by Gasteiger charge is 2.34. The molecule has 0 atom stereocenters. The van der Waals surface area contributed by atoms with Crippen molar-refractivity contribution >= 4 is 19.2 Å². The van der Waals surface area contributed by atoms with E-state index >= 15 is 0 Å². The van der Waals surface area contributed by atoms with Gasteiger partial charge in [0.15, 0.2) is 0 Å². The molecular formula is C24H27Si. The quantitative estimate of drug-likeness (QED) is 0.577. The largest absolute Gasteiger partial charge is 0.122 e. The first kappa shape index (κ1) is 16.6. The second-order valence-corrected chi connectivity index (χ2v) is 10.4. The van der Waals surface area contributed by atoms with Crippen LogP contribution in [-0.4, -0.2) is 8.80 Å². The van der Waals surface area contributed by atoms with Gasteiger partial charge >= 0.3 is 0 Å². The molecule has 0 N–H and O–H groups in total. The van der Waals surface area contributed by atoms with Crippen LogP contribution < -0.4 is 0 Å². The van der Waals surface area contributed by atoms with Crippen LogP contribution in [0.4, 0.5) is 0 Å². The van der Waals surface area contributed by atoms with Crippen molar-refractivity contribution < 1.29 is 0 Å². The molecule has 0 heterocycles. The molecule has 2 aliphatic carbocycles. The first-order valence-corrected chi connectivity index (χ1v) is 11.2. The van der Waals surface area contributed by atoms with Crippen molar-refractivity contribution in [3.8, 4) is 0 Å². The van der Waals surface area contributed by atoms with E-state index in [9.17, 15) is 0 Å². The van der Waals surface area contributed by atoms with E-state index in [1.165, 1.54) is 17.2 Å². The van der Waals surface area contributed by atoms with Crippen LogP contribution >= 0.6 is 0 Å². The molecule has 0 amide bonds. The molecule has 0 bridgehead atoms. The van der Waals surface area contributed by atoms with E-state index in [0.29, 0.717) is 0 Å². The Morgan fingerprint density at radius 2 is 1.16 bits per heavy atom. The Morgan fingerprint density at radius 1 is 0.720 bits per heavy atom. The van der Waals surface area contributed by atoms with Gasteiger partial charge in [0.2, 0.25) is 0 Å². The molecule has 1 radical (unpaired) electrons. The Balaban J connectivity index is 1.90. The number of allylic oxidation sites excluding steroid dienone is 2. The summed E-state index contributed by atoms with van der Waals surface area (Å²) in [5, 5.41) is 3.43. The van der Waals surface area contributed by atoms with E-state index in [2.05, 4.69) is 71.0 Å². The van der Waals surface area contributed by atoms with Crippen LogP contribution in [0.2, 0.25) is 6.04 Å². The van der Waals surface area contributed by atoms with Gasteiger partial charge in [0.1, 0.15) is 8.80 Å². The van der Waals surface area contributed by atoms with Crippen molar-refractivity contribution in [2.75, 3.05) is 0 Å². The molecule has 2 aliphatic rings. The number of fused-ring (bicyclic) bond motifs is 2. The lowest BCUT2D eigenvalue weighted by molar-refractivity contribution is 1.19. The minimum atomic E-state index is -0.745. The molecule has 1 heteroatoms. The fourth-order valence-electron chi connectivity index (χ4n) is 4.94. The van der Waals surface area contributed by atoms with E-state index in [1.54, 1.807) is 43.8 Å². The van der Waals surface area contributed by atoms with Crippen LogP contribution in [-0.2, 0) is 12.8 Å². The van der Waals surface area contributed by atoms with E-state index < -0.39 is 8.80 Å². The Morgan fingerprint density at radius 3 is 1.56 bits per heavy atom. The van der Waals surface area contributed by atoms with Crippen molar-refractivity contribution in [2.24, 2.45) is 0 Å². The first-order valence-electron chi connectivity index (χ1n) is 9.46. The van der Waals surface area contributed by atoms with Gasteiger partial charge in [0, 0.05) is 0 Å². The minimum absolute atomic E-state index is 0.745. The minimum Gasteiger partial charge on any atom is -0.0689 e. The molecule has 0 nitrogen and oxygen atoms in total. The second-order valence-electron chi connectivity index (χ2n) is 7.71. The Labute approximate surface area is 153 Å². The maximum atomic E-state index is 2.40. The maximum Gasteiger partial charge on any atom is 0.122 e. The highest BCUT2D eigenvalue weighted by atomic mass is 28.3. The molecule has 0 saturated carbocycles. The van der Waals surface area contributed by atoms with E-state index in [-0.39, 0.29) is 0 Å². The summed E-state index contributed by atoms with van der Waals surface area (Å²) in [6.45, 7) is 11.7. The van der Waals surface area contributed by atoms with Crippen LogP contribution in [0.5, 0.6) is 0 Å². The molecule has 0 aliphatic heterocycles. The molecule has 0 fully saturated rings. The van der Waals surface area contributed by atoms with Crippen molar-refractivity contribution in [2.45, 2.75) is 53.5 Å². The lowest BCUT2D eigenvalue weighted by Gasteiger charge is -2.23. The highest BCUT2D eigenvalue weighted by Crippen LogP contribution is 2.45. The SMILES string of the molecule is CC[Si](C1=C(C)Cc2cccc(C)c21)C1=C(C)Cc2cccc(C)c21. The standard InChI is InChI=1S/C24H27Si/c1-6-25(23-17(4)13-19-11-7-9-15(2)21(19)23)24-18(5)14-20-12-8-10-16(3)22(20)24/h7-12H,6,13-14H2,1-5H3. The molecule has 0 spiro atoms. The third-order valence-corrected chi connectivity index (χ3v) is 9.21. The second kappa shape index (κ2) is 6.14. The van der Waals surface area contributed by atoms with Crippen LogP contribution in [0.15, 0.2) is 47.5 Å². The molecular weight excluding hydrogens is 316 g/mol. The van der Waals surface area contributed by atoms with Gasteiger partial charge in [-0.05, 0) is 84.3 Å². The third kappa shape index (κ3) is 2.48.